The van der Waals surface area contributed by atoms with Crippen molar-refractivity contribution in [3.05, 3.63) is 86.6 Å². The van der Waals surface area contributed by atoms with E-state index < -0.39 is 17.2 Å². The van der Waals surface area contributed by atoms with Crippen LogP contribution in [0.25, 0.3) is 22.2 Å². The Balaban J connectivity index is 1.76. The van der Waals surface area contributed by atoms with E-state index >= 15 is 0 Å². The average molecular weight is 604 g/mol. The molecule has 0 aliphatic carbocycles. The van der Waals surface area contributed by atoms with Crippen LogP contribution in [-0.4, -0.2) is 45.4 Å². The molecule has 9 heteroatoms. The van der Waals surface area contributed by atoms with Gasteiger partial charge in [0.15, 0.2) is 11.6 Å². The lowest BCUT2D eigenvalue weighted by molar-refractivity contribution is -0.122. The summed E-state index contributed by atoms with van der Waals surface area (Å²) >= 11 is 6.29. The van der Waals surface area contributed by atoms with Gasteiger partial charge in [0.05, 0.1) is 47.4 Å². The minimum Gasteiger partial charge on any atom is -0.495 e. The lowest BCUT2D eigenvalue weighted by Gasteiger charge is -2.24. The van der Waals surface area contributed by atoms with Crippen LogP contribution < -0.4 is 10.3 Å². The molecule has 0 spiro atoms. The van der Waals surface area contributed by atoms with Crippen molar-refractivity contribution in [2.45, 2.75) is 72.4 Å². The number of benzene rings is 2. The predicted molar refractivity (Wildman–Crippen MR) is 169 cm³/mol. The summed E-state index contributed by atoms with van der Waals surface area (Å²) in [4.78, 5) is 49.5. The maximum atomic E-state index is 13.9. The second-order valence-electron chi connectivity index (χ2n) is 11.6. The first-order chi connectivity index (χ1) is 20.3. The highest BCUT2D eigenvalue weighted by atomic mass is 35.5. The van der Waals surface area contributed by atoms with Crippen LogP contribution in [0.3, 0.4) is 0 Å². The fraction of sp³-hybridized carbons (Fsp3) is 0.382. The number of pyridine rings is 1. The largest absolute Gasteiger partial charge is 0.495 e. The van der Waals surface area contributed by atoms with Crippen molar-refractivity contribution in [3.63, 3.8) is 0 Å². The molecular formula is C34H38ClN3O5. The number of aryl methyl sites for hydroxylation is 2. The number of ether oxygens (including phenoxy) is 2. The molecule has 8 nitrogen and oxygen atoms in total. The number of fused-ring (bicyclic) bond motifs is 1. The summed E-state index contributed by atoms with van der Waals surface area (Å²) in [7, 11) is 1.48. The molecule has 0 saturated heterocycles. The van der Waals surface area contributed by atoms with Crippen LogP contribution in [0, 0.1) is 13.8 Å². The van der Waals surface area contributed by atoms with Crippen molar-refractivity contribution in [1.82, 2.24) is 14.5 Å². The van der Waals surface area contributed by atoms with Gasteiger partial charge in [-0.2, -0.15) is 0 Å². The summed E-state index contributed by atoms with van der Waals surface area (Å²) in [5, 5.41) is 0.423. The summed E-state index contributed by atoms with van der Waals surface area (Å²) in [5.41, 5.74) is 4.48. The molecule has 0 saturated carbocycles. The van der Waals surface area contributed by atoms with Crippen LogP contribution in [0.4, 0.5) is 0 Å². The number of ketones is 2. The first kappa shape index (κ1) is 32.0. The minimum absolute atomic E-state index is 0.0873. The van der Waals surface area contributed by atoms with Crippen molar-refractivity contribution < 1.29 is 19.1 Å². The smallest absolute Gasteiger partial charge is 0.252 e. The number of aromatic nitrogens is 3. The van der Waals surface area contributed by atoms with Gasteiger partial charge in [0, 0.05) is 41.7 Å². The molecule has 1 unspecified atom stereocenters. The highest BCUT2D eigenvalue weighted by molar-refractivity contribution is 6.31. The van der Waals surface area contributed by atoms with Gasteiger partial charge < -0.3 is 14.0 Å². The Kier molecular flexibility index (Phi) is 9.82. The van der Waals surface area contributed by atoms with E-state index in [0.29, 0.717) is 33.0 Å². The van der Waals surface area contributed by atoms with Crippen molar-refractivity contribution in [2.75, 3.05) is 13.7 Å². The molecule has 0 fully saturated rings. The monoisotopic (exact) mass is 603 g/mol. The zero-order valence-corrected chi connectivity index (χ0v) is 26.5. The van der Waals surface area contributed by atoms with E-state index in [0.717, 1.165) is 22.5 Å². The Morgan fingerprint density at radius 2 is 1.67 bits per heavy atom. The Morgan fingerprint density at radius 1 is 0.977 bits per heavy atom. The molecule has 0 amide bonds. The van der Waals surface area contributed by atoms with Gasteiger partial charge in [0.1, 0.15) is 5.75 Å². The maximum Gasteiger partial charge on any atom is 0.252 e. The minimum atomic E-state index is -0.824. The standard InChI is InChI=1S/C34H38ClN3O5/c1-8-30(39)24-11-10-23(35)17-25(24)26-18-33(41)38(19-32(26)42-7)29(13-14-43-34(4,5)6)31(40)16-22-9-12-27-28(15-22)37-21(3)20(2)36-27/h9-12,15,17-19,29H,8,13-14,16H2,1-7H3. The van der Waals surface area contributed by atoms with Crippen LogP contribution in [-0.2, 0) is 16.0 Å². The Morgan fingerprint density at radius 3 is 2.33 bits per heavy atom. The normalized spacial score (nSPS) is 12.4. The van der Waals surface area contributed by atoms with Crippen molar-refractivity contribution in [1.29, 1.82) is 0 Å². The van der Waals surface area contributed by atoms with E-state index in [1.165, 1.54) is 23.9 Å². The zero-order valence-electron chi connectivity index (χ0n) is 25.8. The molecule has 0 N–H and O–H groups in total. The van der Waals surface area contributed by atoms with Crippen LogP contribution >= 0.6 is 11.6 Å². The fourth-order valence-corrected chi connectivity index (χ4v) is 5.13. The number of nitrogens with zero attached hydrogens (tertiary/aromatic N) is 3. The molecule has 2 heterocycles. The number of Topliss-reactive ketones (excluding diaryl/α,β-unsaturated/α-hetero) is 2. The topological polar surface area (TPSA) is 100 Å². The summed E-state index contributed by atoms with van der Waals surface area (Å²) in [5.74, 6) is 0.0965. The first-order valence-corrected chi connectivity index (χ1v) is 14.7. The molecule has 0 bridgehead atoms. The third-order valence-electron chi connectivity index (χ3n) is 7.31. The van der Waals surface area contributed by atoms with Gasteiger partial charge in [-0.25, -0.2) is 9.97 Å². The SMILES string of the molecule is CCC(=O)c1ccc(Cl)cc1-c1cc(=O)n(C(CCOC(C)(C)C)C(=O)Cc2ccc3nc(C)c(C)nc3c2)cc1OC. The molecule has 2 aromatic carbocycles. The fourth-order valence-electron chi connectivity index (χ4n) is 4.96. The molecule has 43 heavy (non-hydrogen) atoms. The van der Waals surface area contributed by atoms with Crippen LogP contribution in [0.5, 0.6) is 5.75 Å². The average Bonchev–Trinajstić information content (AvgIpc) is 2.95. The van der Waals surface area contributed by atoms with E-state index in [1.807, 2.05) is 52.8 Å². The second kappa shape index (κ2) is 13.2. The molecule has 1 atom stereocenters. The third kappa shape index (κ3) is 7.56. The van der Waals surface area contributed by atoms with Gasteiger partial charge in [-0.3, -0.25) is 14.4 Å². The van der Waals surface area contributed by atoms with Gasteiger partial charge in [-0.15, -0.1) is 0 Å². The van der Waals surface area contributed by atoms with Gasteiger partial charge >= 0.3 is 0 Å². The number of carbonyl (C=O) groups is 2. The predicted octanol–water partition coefficient (Wildman–Crippen LogP) is 6.89. The van der Waals surface area contributed by atoms with Gasteiger partial charge in [0.2, 0.25) is 0 Å². The maximum absolute atomic E-state index is 13.9. The van der Waals surface area contributed by atoms with Crippen molar-refractivity contribution in [2.24, 2.45) is 0 Å². The van der Waals surface area contributed by atoms with Crippen LogP contribution in [0.2, 0.25) is 5.02 Å². The number of carbonyl (C=O) groups excluding carboxylic acids is 2. The Hall–Kier alpha value is -3.88. The molecule has 2 aromatic heterocycles. The quantitative estimate of drug-likeness (QED) is 0.172. The lowest BCUT2D eigenvalue weighted by atomic mass is 9.95. The van der Waals surface area contributed by atoms with E-state index in [2.05, 4.69) is 9.97 Å². The van der Waals surface area contributed by atoms with Crippen LogP contribution in [0.1, 0.15) is 73.9 Å². The van der Waals surface area contributed by atoms with E-state index in [1.54, 1.807) is 25.1 Å². The lowest BCUT2D eigenvalue weighted by Crippen LogP contribution is -2.32. The summed E-state index contributed by atoms with van der Waals surface area (Å²) in [6.07, 6.45) is 2.19. The van der Waals surface area contributed by atoms with Gasteiger partial charge in [0.25, 0.3) is 5.56 Å². The highest BCUT2D eigenvalue weighted by Crippen LogP contribution is 2.34. The molecule has 4 rings (SSSR count). The highest BCUT2D eigenvalue weighted by Gasteiger charge is 2.26. The summed E-state index contributed by atoms with van der Waals surface area (Å²) in [6, 6.07) is 11.1. The Labute approximate surface area is 257 Å². The Bertz CT molecular complexity index is 1740. The van der Waals surface area contributed by atoms with E-state index in [-0.39, 0.29) is 37.4 Å². The first-order valence-electron chi connectivity index (χ1n) is 14.3. The number of rotatable bonds is 11. The van der Waals surface area contributed by atoms with Gasteiger partial charge in [-0.05, 0) is 82.5 Å². The second-order valence-corrected chi connectivity index (χ2v) is 12.0. The summed E-state index contributed by atoms with van der Waals surface area (Å²) < 4.78 is 13.1. The number of hydrogen-bond donors (Lipinski definition) is 0. The number of methoxy groups -OCH3 is 1. The third-order valence-corrected chi connectivity index (χ3v) is 7.54. The molecule has 0 aliphatic rings. The number of halogens is 1. The van der Waals surface area contributed by atoms with Gasteiger partial charge in [-0.1, -0.05) is 24.6 Å². The van der Waals surface area contributed by atoms with Crippen molar-refractivity contribution >= 4 is 34.2 Å². The van der Waals surface area contributed by atoms with Crippen molar-refractivity contribution in [3.8, 4) is 16.9 Å². The molecule has 4 aromatic rings. The molecular weight excluding hydrogens is 566 g/mol. The molecule has 0 aliphatic heterocycles. The van der Waals surface area contributed by atoms with E-state index in [4.69, 9.17) is 21.1 Å². The molecule has 0 radical (unpaired) electrons. The van der Waals surface area contributed by atoms with E-state index in [9.17, 15) is 14.4 Å². The summed E-state index contributed by atoms with van der Waals surface area (Å²) in [6.45, 7) is 11.7. The molecule has 226 valence electrons. The number of hydrogen-bond acceptors (Lipinski definition) is 7. The zero-order chi connectivity index (χ0) is 31.5. The van der Waals surface area contributed by atoms with Crippen LogP contribution in [0.15, 0.2) is 53.5 Å².